The average molecular weight is 728 g/mol. The van der Waals surface area contributed by atoms with Crippen molar-refractivity contribution in [2.45, 2.75) is 43.9 Å². The first-order chi connectivity index (χ1) is 23.4. The zero-order chi connectivity index (χ0) is 37.1. The number of carbonyl (C=O) groups excluding carboxylic acids is 3. The first kappa shape index (κ1) is 38.5. The van der Waals surface area contributed by atoms with Crippen molar-refractivity contribution in [3.8, 4) is 0 Å². The van der Waals surface area contributed by atoms with Gasteiger partial charge in [0.15, 0.2) is 0 Å². The summed E-state index contributed by atoms with van der Waals surface area (Å²) >= 11 is 0. The minimum Gasteiger partial charge on any atom is -0.358 e. The van der Waals surface area contributed by atoms with Crippen LogP contribution < -0.4 is 16.0 Å². The summed E-state index contributed by atoms with van der Waals surface area (Å²) in [6.07, 6.45) is 1.91. The molecule has 2 aliphatic rings. The standard InChI is InChI=1S/C24H33N5O4S.C10H12N2O3S/c1-7-29(8-2)12-11-25-24(31)22-15(3)21(26-16(22)4)14-19-18-13-17(34(32,33)28(5)6)9-10-20(18)27-23(19)30;1-12(2)16(14,15)8-3-4-9-7(5-8)6-10(13)11-9/h9-10,13-14,26H,7-8,11-12H2,1-6H3,(H,25,31)(H,27,30);3-5H,6H2,1-2H3,(H,11,13). The Hall–Kier alpha value is -4.35. The number of amides is 3. The molecule has 3 heterocycles. The summed E-state index contributed by atoms with van der Waals surface area (Å²) in [4.78, 5) is 42.4. The van der Waals surface area contributed by atoms with Gasteiger partial charge in [-0.3, -0.25) is 14.4 Å². The Balaban J connectivity index is 0.000000291. The van der Waals surface area contributed by atoms with Crippen molar-refractivity contribution in [1.82, 2.24) is 23.8 Å². The molecule has 0 atom stereocenters. The number of rotatable bonds is 11. The number of hydrogen-bond acceptors (Lipinski definition) is 8. The lowest BCUT2D eigenvalue weighted by Crippen LogP contribution is -2.35. The number of aromatic amines is 1. The predicted molar refractivity (Wildman–Crippen MR) is 194 cm³/mol. The molecule has 0 saturated heterocycles. The highest BCUT2D eigenvalue weighted by Crippen LogP contribution is 2.36. The molecular formula is C34H45N7O7S2. The molecule has 4 N–H and O–H groups in total. The number of hydrogen-bond donors (Lipinski definition) is 4. The number of aryl methyl sites for hydroxylation is 1. The molecule has 3 aromatic rings. The van der Waals surface area contributed by atoms with Gasteiger partial charge in [0, 0.05) is 69.6 Å². The Morgan fingerprint density at radius 2 is 1.44 bits per heavy atom. The second-order valence-electron chi connectivity index (χ2n) is 12.3. The normalized spacial score (nSPS) is 14.8. The molecule has 1 aromatic heterocycles. The number of sulfonamides is 2. The fourth-order valence-corrected chi connectivity index (χ4v) is 7.50. The molecule has 0 saturated carbocycles. The number of likely N-dealkylation sites (N-methyl/N-ethyl adjacent to an activating group) is 1. The summed E-state index contributed by atoms with van der Waals surface area (Å²) < 4.78 is 51.1. The molecule has 16 heteroatoms. The first-order valence-corrected chi connectivity index (χ1v) is 18.9. The van der Waals surface area contributed by atoms with E-state index in [1.807, 2.05) is 13.8 Å². The highest BCUT2D eigenvalue weighted by molar-refractivity contribution is 7.89. The summed E-state index contributed by atoms with van der Waals surface area (Å²) in [5.74, 6) is -0.598. The Morgan fingerprint density at radius 1 is 0.860 bits per heavy atom. The summed E-state index contributed by atoms with van der Waals surface area (Å²) in [5.41, 5.74) is 5.42. The molecule has 14 nitrogen and oxygen atoms in total. The van der Waals surface area contributed by atoms with Crippen molar-refractivity contribution < 1.29 is 31.2 Å². The Kier molecular flexibility index (Phi) is 11.7. The SMILES string of the molecule is CCN(CC)CCNC(=O)c1c(C)[nH]c(C=C2C(=O)Nc3ccc(S(=O)(=O)N(C)C)cc32)c1C.CN(C)S(=O)(=O)c1ccc2c(c1)CC(=O)N2. The van der Waals surface area contributed by atoms with Crippen LogP contribution in [0.2, 0.25) is 0 Å². The van der Waals surface area contributed by atoms with Gasteiger partial charge in [-0.25, -0.2) is 25.4 Å². The second-order valence-corrected chi connectivity index (χ2v) is 16.6. The third-order valence-corrected chi connectivity index (χ3v) is 12.3. The summed E-state index contributed by atoms with van der Waals surface area (Å²) in [5, 5.41) is 8.41. The van der Waals surface area contributed by atoms with Crippen LogP contribution in [0.1, 0.15) is 52.3 Å². The number of anilines is 2. The van der Waals surface area contributed by atoms with Gasteiger partial charge in [0.2, 0.25) is 26.0 Å². The highest BCUT2D eigenvalue weighted by Gasteiger charge is 2.29. The number of nitrogens with one attached hydrogen (secondary N) is 4. The van der Waals surface area contributed by atoms with E-state index in [1.165, 1.54) is 46.4 Å². The summed E-state index contributed by atoms with van der Waals surface area (Å²) in [6, 6.07) is 9.23. The summed E-state index contributed by atoms with van der Waals surface area (Å²) in [7, 11) is -1.19. The predicted octanol–water partition coefficient (Wildman–Crippen LogP) is 2.88. The lowest BCUT2D eigenvalue weighted by molar-refractivity contribution is -0.115. The molecule has 0 radical (unpaired) electrons. The third kappa shape index (κ3) is 8.00. The van der Waals surface area contributed by atoms with E-state index in [0.29, 0.717) is 46.0 Å². The molecule has 50 heavy (non-hydrogen) atoms. The van der Waals surface area contributed by atoms with Gasteiger partial charge >= 0.3 is 0 Å². The van der Waals surface area contributed by atoms with Crippen molar-refractivity contribution in [3.63, 3.8) is 0 Å². The number of aromatic nitrogens is 1. The fraction of sp³-hybridized carbons (Fsp3) is 0.382. The van der Waals surface area contributed by atoms with Crippen LogP contribution in [0.3, 0.4) is 0 Å². The molecule has 5 rings (SSSR count). The molecule has 0 aliphatic carbocycles. The number of fused-ring (bicyclic) bond motifs is 2. The van der Waals surface area contributed by atoms with Crippen LogP contribution in [0.15, 0.2) is 46.2 Å². The third-order valence-electron chi connectivity index (χ3n) is 8.63. The number of H-pyrrole nitrogens is 1. The van der Waals surface area contributed by atoms with Gasteiger partial charge in [-0.05, 0) is 80.5 Å². The fourth-order valence-electron chi connectivity index (χ4n) is 5.62. The van der Waals surface area contributed by atoms with Gasteiger partial charge in [0.1, 0.15) is 0 Å². The van der Waals surface area contributed by atoms with Crippen molar-refractivity contribution >= 4 is 60.8 Å². The smallest absolute Gasteiger partial charge is 0.256 e. The van der Waals surface area contributed by atoms with Crippen LogP contribution in [-0.4, -0.2) is 107 Å². The van der Waals surface area contributed by atoms with Gasteiger partial charge in [0.25, 0.3) is 11.8 Å². The maximum absolute atomic E-state index is 12.9. The van der Waals surface area contributed by atoms with Crippen LogP contribution in [0.5, 0.6) is 0 Å². The number of benzene rings is 2. The van der Waals surface area contributed by atoms with Gasteiger partial charge in [0.05, 0.1) is 27.3 Å². The van der Waals surface area contributed by atoms with E-state index < -0.39 is 20.0 Å². The van der Waals surface area contributed by atoms with E-state index in [0.717, 1.165) is 39.4 Å². The summed E-state index contributed by atoms with van der Waals surface area (Å²) in [6.45, 7) is 11.0. The van der Waals surface area contributed by atoms with Crippen molar-refractivity contribution in [1.29, 1.82) is 0 Å². The monoisotopic (exact) mass is 727 g/mol. The van der Waals surface area contributed by atoms with Gasteiger partial charge in [-0.2, -0.15) is 0 Å². The molecule has 0 bridgehead atoms. The Labute approximate surface area is 294 Å². The molecule has 2 aromatic carbocycles. The molecule has 0 unspecified atom stereocenters. The van der Waals surface area contributed by atoms with Crippen LogP contribution in [0.4, 0.5) is 11.4 Å². The van der Waals surface area contributed by atoms with Gasteiger partial charge < -0.3 is 25.8 Å². The van der Waals surface area contributed by atoms with E-state index in [1.54, 1.807) is 24.3 Å². The zero-order valence-corrected chi connectivity index (χ0v) is 31.2. The van der Waals surface area contributed by atoms with E-state index in [-0.39, 0.29) is 33.9 Å². The zero-order valence-electron chi connectivity index (χ0n) is 29.6. The van der Waals surface area contributed by atoms with Crippen molar-refractivity contribution in [3.05, 3.63) is 70.0 Å². The van der Waals surface area contributed by atoms with E-state index in [2.05, 4.69) is 39.7 Å². The molecule has 0 fully saturated rings. The highest BCUT2D eigenvalue weighted by atomic mass is 32.2. The van der Waals surface area contributed by atoms with E-state index >= 15 is 0 Å². The van der Waals surface area contributed by atoms with Gasteiger partial charge in [-0.15, -0.1) is 0 Å². The van der Waals surface area contributed by atoms with Crippen molar-refractivity contribution in [2.24, 2.45) is 0 Å². The van der Waals surface area contributed by atoms with E-state index in [4.69, 9.17) is 0 Å². The lowest BCUT2D eigenvalue weighted by Gasteiger charge is -2.18. The van der Waals surface area contributed by atoms with Crippen LogP contribution >= 0.6 is 0 Å². The Bertz CT molecular complexity index is 2060. The molecule has 270 valence electrons. The van der Waals surface area contributed by atoms with Crippen molar-refractivity contribution in [2.75, 3.05) is 65.0 Å². The number of nitrogens with zero attached hydrogens (tertiary/aromatic N) is 3. The van der Waals surface area contributed by atoms with Gasteiger partial charge in [-0.1, -0.05) is 13.8 Å². The maximum Gasteiger partial charge on any atom is 0.256 e. The number of carbonyl (C=O) groups is 3. The molecule has 0 spiro atoms. The maximum atomic E-state index is 12.9. The first-order valence-electron chi connectivity index (χ1n) is 16.1. The quantitative estimate of drug-likeness (QED) is 0.218. The second kappa shape index (κ2) is 15.3. The topological polar surface area (TPSA) is 181 Å². The Morgan fingerprint density at radius 3 is 2.02 bits per heavy atom. The van der Waals surface area contributed by atoms with Crippen LogP contribution in [0.25, 0.3) is 11.6 Å². The molecule has 3 amide bonds. The minimum absolute atomic E-state index is 0.102. The van der Waals surface area contributed by atoms with Crippen LogP contribution in [0, 0.1) is 13.8 Å². The average Bonchev–Trinajstić information content (AvgIpc) is 3.68. The largest absolute Gasteiger partial charge is 0.358 e. The lowest BCUT2D eigenvalue weighted by atomic mass is 10.0. The molecule has 2 aliphatic heterocycles. The molecular weight excluding hydrogens is 683 g/mol. The van der Waals surface area contributed by atoms with Crippen LogP contribution in [-0.2, 0) is 36.1 Å². The van der Waals surface area contributed by atoms with E-state index in [9.17, 15) is 31.2 Å². The minimum atomic E-state index is -3.65.